The molecule has 2 aliphatic heterocycles. The lowest BCUT2D eigenvalue weighted by atomic mass is 9.98. The van der Waals surface area contributed by atoms with Gasteiger partial charge in [0.05, 0.1) is 11.7 Å². The van der Waals surface area contributed by atoms with Gasteiger partial charge in [0.2, 0.25) is 0 Å². The number of nitrogens with zero attached hydrogens (tertiary/aromatic N) is 7. The molecule has 3 N–H and O–H groups in total. The van der Waals surface area contributed by atoms with Gasteiger partial charge in [-0.3, -0.25) is 10.1 Å². The second-order valence-electron chi connectivity index (χ2n) is 9.20. The second kappa shape index (κ2) is 8.26. The summed E-state index contributed by atoms with van der Waals surface area (Å²) in [4.78, 5) is 8.83. The van der Waals surface area contributed by atoms with Crippen molar-refractivity contribution in [3.05, 3.63) is 41.0 Å². The van der Waals surface area contributed by atoms with Crippen LogP contribution in [0.25, 0.3) is 5.65 Å². The summed E-state index contributed by atoms with van der Waals surface area (Å²) in [6.45, 7) is 4.18. The first-order valence-electron chi connectivity index (χ1n) is 11.5. The van der Waals surface area contributed by atoms with Crippen LogP contribution in [-0.4, -0.2) is 60.8 Å². The lowest BCUT2D eigenvalue weighted by Crippen LogP contribution is -2.39. The lowest BCUT2D eigenvalue weighted by molar-refractivity contribution is -0.143. The van der Waals surface area contributed by atoms with Gasteiger partial charge in [-0.2, -0.15) is 23.4 Å². The van der Waals surface area contributed by atoms with Crippen molar-refractivity contribution in [3.8, 4) is 0 Å². The van der Waals surface area contributed by atoms with E-state index in [0.29, 0.717) is 12.2 Å². The fraction of sp³-hybridized carbons (Fsp3) is 0.545. The first kappa shape index (κ1) is 22.6. The Bertz CT molecular complexity index is 1230. The predicted octanol–water partition coefficient (Wildman–Crippen LogP) is 2.88. The summed E-state index contributed by atoms with van der Waals surface area (Å²) in [7, 11) is 1.24. The van der Waals surface area contributed by atoms with Crippen LogP contribution >= 0.6 is 0 Å². The highest BCUT2D eigenvalue weighted by Crippen LogP contribution is 2.34. The Morgan fingerprint density at radius 1 is 1.15 bits per heavy atom. The van der Waals surface area contributed by atoms with E-state index >= 15 is 0 Å². The number of halogens is 3. The van der Waals surface area contributed by atoms with Gasteiger partial charge in [0.15, 0.2) is 5.65 Å². The number of likely N-dealkylation sites (tertiary alicyclic amines) is 1. The number of aromatic nitrogens is 5. The van der Waals surface area contributed by atoms with E-state index < -0.39 is 11.9 Å². The van der Waals surface area contributed by atoms with Gasteiger partial charge in [-0.05, 0) is 38.7 Å². The molecule has 0 bridgehead atoms. The third kappa shape index (κ3) is 3.99. The van der Waals surface area contributed by atoms with E-state index in [9.17, 15) is 13.2 Å². The molecule has 0 aliphatic carbocycles. The number of anilines is 1. The van der Waals surface area contributed by atoms with Gasteiger partial charge in [0.1, 0.15) is 23.0 Å². The predicted molar refractivity (Wildman–Crippen MR) is 121 cm³/mol. The quantitative estimate of drug-likeness (QED) is 0.446. The highest BCUT2D eigenvalue weighted by Gasteiger charge is 2.37. The van der Waals surface area contributed by atoms with E-state index in [2.05, 4.69) is 10.00 Å². The van der Waals surface area contributed by atoms with Crippen LogP contribution in [0.15, 0.2) is 18.3 Å². The van der Waals surface area contributed by atoms with Crippen molar-refractivity contribution in [2.24, 2.45) is 12.8 Å². The van der Waals surface area contributed by atoms with E-state index in [-0.39, 0.29) is 23.6 Å². The van der Waals surface area contributed by atoms with Crippen LogP contribution in [0.3, 0.4) is 0 Å². The van der Waals surface area contributed by atoms with Gasteiger partial charge in [-0.1, -0.05) is 0 Å². The summed E-state index contributed by atoms with van der Waals surface area (Å²) in [6, 6.07) is 2.76. The van der Waals surface area contributed by atoms with Crippen LogP contribution in [0.5, 0.6) is 0 Å². The minimum absolute atomic E-state index is 0.00659. The third-order valence-corrected chi connectivity index (χ3v) is 6.69. The summed E-state index contributed by atoms with van der Waals surface area (Å²) >= 11 is 0. The fourth-order valence-electron chi connectivity index (χ4n) is 4.98. The molecular weight excluding hydrogens is 447 g/mol. The molecule has 5 rings (SSSR count). The number of amidine groups is 1. The molecule has 2 fully saturated rings. The van der Waals surface area contributed by atoms with Gasteiger partial charge in [0, 0.05) is 50.6 Å². The Morgan fingerprint density at radius 3 is 2.62 bits per heavy atom. The van der Waals surface area contributed by atoms with Crippen molar-refractivity contribution in [1.29, 1.82) is 5.41 Å². The van der Waals surface area contributed by atoms with E-state index in [1.54, 1.807) is 9.42 Å². The molecule has 0 unspecified atom stereocenters. The number of rotatable bonds is 3. The van der Waals surface area contributed by atoms with Gasteiger partial charge in [0.25, 0.3) is 0 Å². The average molecular weight is 476 g/mol. The molecule has 3 aromatic rings. The molecule has 2 atom stereocenters. The van der Waals surface area contributed by atoms with Crippen molar-refractivity contribution in [2.75, 3.05) is 24.5 Å². The van der Waals surface area contributed by atoms with Crippen LogP contribution in [0.1, 0.15) is 54.4 Å². The van der Waals surface area contributed by atoms with Gasteiger partial charge < -0.3 is 15.5 Å². The second-order valence-corrected chi connectivity index (χ2v) is 9.20. The van der Waals surface area contributed by atoms with Crippen LogP contribution in [-0.2, 0) is 13.2 Å². The van der Waals surface area contributed by atoms with Crippen LogP contribution in [0.2, 0.25) is 0 Å². The van der Waals surface area contributed by atoms with Gasteiger partial charge in [-0.15, -0.1) is 0 Å². The Labute approximate surface area is 194 Å². The first-order chi connectivity index (χ1) is 16.1. The Balaban J connectivity index is 1.46. The Kier molecular flexibility index (Phi) is 5.50. The SMILES string of the molecule is Cc1cn2nc([C@@H]3CCCCN3C(=N)c3cc(C(F)(F)F)n(C)n3)cc2nc1N1CC[C@H](N)C1. The topological polar surface area (TPSA) is 104 Å². The number of alkyl halides is 3. The number of fused-ring (bicyclic) bond motifs is 1. The zero-order chi connectivity index (χ0) is 24.2. The number of hydrogen-bond donors (Lipinski definition) is 2. The number of nitrogens with two attached hydrogens (primary N) is 1. The maximum absolute atomic E-state index is 13.3. The molecule has 0 aromatic carbocycles. The van der Waals surface area contributed by atoms with Crippen molar-refractivity contribution >= 4 is 17.3 Å². The standard InChI is InChI=1S/C22H28F3N9/c1-13-11-34-19(28-21(13)32-8-6-14(26)12-32)10-15(30-34)17-5-3-4-7-33(17)20(27)16-9-18(22(23,24)25)31(2)29-16/h9-11,14,17,27H,3-8,12,26H2,1-2H3/t14-,17-/m0/s1. The number of nitrogens with one attached hydrogen (secondary N) is 1. The lowest BCUT2D eigenvalue weighted by Gasteiger charge is -2.36. The normalized spacial score (nSPS) is 21.6. The summed E-state index contributed by atoms with van der Waals surface area (Å²) in [5.74, 6) is 0.872. The molecule has 3 aromatic heterocycles. The van der Waals surface area contributed by atoms with Gasteiger partial charge in [-0.25, -0.2) is 9.50 Å². The van der Waals surface area contributed by atoms with Crippen molar-refractivity contribution < 1.29 is 13.2 Å². The summed E-state index contributed by atoms with van der Waals surface area (Å²) in [5.41, 5.74) is 7.65. The molecule has 0 amide bonds. The first-order valence-corrected chi connectivity index (χ1v) is 11.5. The van der Waals surface area contributed by atoms with E-state index in [1.165, 1.54) is 7.05 Å². The average Bonchev–Trinajstić information content (AvgIpc) is 3.50. The maximum atomic E-state index is 13.3. The molecule has 9 nitrogen and oxygen atoms in total. The van der Waals surface area contributed by atoms with E-state index in [0.717, 1.165) is 66.6 Å². The molecule has 0 spiro atoms. The fourth-order valence-corrected chi connectivity index (χ4v) is 4.98. The number of hydrogen-bond acceptors (Lipinski definition) is 6. The maximum Gasteiger partial charge on any atom is 0.433 e. The molecule has 2 saturated heterocycles. The Hall–Kier alpha value is -3.15. The van der Waals surface area contributed by atoms with Crippen LogP contribution in [0, 0.1) is 12.3 Å². The molecule has 182 valence electrons. The van der Waals surface area contributed by atoms with Crippen LogP contribution in [0.4, 0.5) is 19.0 Å². The summed E-state index contributed by atoms with van der Waals surface area (Å²) in [6.07, 6.45) is 0.892. The molecule has 5 heterocycles. The van der Waals surface area contributed by atoms with Crippen LogP contribution < -0.4 is 10.6 Å². The highest BCUT2D eigenvalue weighted by atomic mass is 19.4. The monoisotopic (exact) mass is 475 g/mol. The minimum atomic E-state index is -4.52. The number of piperidine rings is 1. The van der Waals surface area contributed by atoms with Crippen molar-refractivity contribution in [3.63, 3.8) is 0 Å². The van der Waals surface area contributed by atoms with E-state index in [4.69, 9.17) is 21.2 Å². The highest BCUT2D eigenvalue weighted by molar-refractivity contribution is 5.95. The molecule has 0 saturated carbocycles. The molecule has 0 radical (unpaired) electrons. The van der Waals surface area contributed by atoms with Crippen molar-refractivity contribution in [1.82, 2.24) is 29.3 Å². The molecule has 2 aliphatic rings. The largest absolute Gasteiger partial charge is 0.433 e. The van der Waals surface area contributed by atoms with Gasteiger partial charge >= 0.3 is 6.18 Å². The minimum Gasteiger partial charge on any atom is -0.355 e. The molecule has 34 heavy (non-hydrogen) atoms. The zero-order valence-corrected chi connectivity index (χ0v) is 19.2. The smallest absolute Gasteiger partial charge is 0.355 e. The number of aryl methyl sites for hydroxylation is 2. The zero-order valence-electron chi connectivity index (χ0n) is 19.2. The van der Waals surface area contributed by atoms with Crippen molar-refractivity contribution in [2.45, 2.75) is 50.9 Å². The summed E-state index contributed by atoms with van der Waals surface area (Å²) in [5, 5.41) is 17.4. The summed E-state index contributed by atoms with van der Waals surface area (Å²) < 4.78 is 42.3. The molecule has 12 heteroatoms. The Morgan fingerprint density at radius 2 is 1.94 bits per heavy atom. The van der Waals surface area contributed by atoms with E-state index in [1.807, 2.05) is 19.2 Å². The molecular formula is C22H28F3N9. The third-order valence-electron chi connectivity index (χ3n) is 6.69.